The number of piperidine rings is 1. The van der Waals surface area contributed by atoms with Crippen molar-refractivity contribution in [2.75, 3.05) is 36.4 Å². The highest BCUT2D eigenvalue weighted by atomic mass is 16.5. The topological polar surface area (TPSA) is 74.8 Å². The van der Waals surface area contributed by atoms with Crippen LogP contribution >= 0.6 is 0 Å². The molecule has 2 aromatic rings. The number of nitrogens with one attached hydrogen (secondary N) is 1. The Balaban J connectivity index is 1.21. The molecule has 1 aromatic carbocycles. The Kier molecular flexibility index (Phi) is 6.35. The normalized spacial score (nSPS) is 17.6. The van der Waals surface area contributed by atoms with Crippen LogP contribution in [-0.4, -0.2) is 54.0 Å². The first-order chi connectivity index (χ1) is 15.3. The van der Waals surface area contributed by atoms with E-state index in [0.717, 1.165) is 43.1 Å². The third-order valence-corrected chi connectivity index (χ3v) is 6.06. The molecule has 4 rings (SSSR count). The Morgan fingerprint density at radius 2 is 1.75 bits per heavy atom. The van der Waals surface area contributed by atoms with Crippen LogP contribution in [0.2, 0.25) is 0 Å². The summed E-state index contributed by atoms with van der Waals surface area (Å²) in [5, 5.41) is 3.00. The number of carbonyl (C=O) groups excluding carboxylic acids is 2. The molecule has 2 amide bonds. The first-order valence-electron chi connectivity index (χ1n) is 11.3. The molecular formula is C25H32N4O3. The Morgan fingerprint density at radius 1 is 1.06 bits per heavy atom. The molecule has 2 aliphatic rings. The van der Waals surface area contributed by atoms with Gasteiger partial charge in [-0.25, -0.2) is 0 Å². The molecule has 7 heteroatoms. The van der Waals surface area contributed by atoms with Crippen molar-refractivity contribution in [3.05, 3.63) is 48.8 Å². The van der Waals surface area contributed by atoms with E-state index in [0.29, 0.717) is 13.1 Å². The summed E-state index contributed by atoms with van der Waals surface area (Å²) in [5.74, 6) is 1.00. The zero-order chi connectivity index (χ0) is 22.7. The summed E-state index contributed by atoms with van der Waals surface area (Å²) in [5.41, 5.74) is 1.48. The van der Waals surface area contributed by atoms with E-state index in [-0.39, 0.29) is 29.3 Å². The molecule has 1 aromatic heterocycles. The van der Waals surface area contributed by atoms with Crippen molar-refractivity contribution in [2.45, 2.75) is 39.7 Å². The minimum atomic E-state index is -0.343. The van der Waals surface area contributed by atoms with Gasteiger partial charge in [-0.1, -0.05) is 20.8 Å². The quantitative estimate of drug-likeness (QED) is 0.776. The second-order valence-electron chi connectivity index (χ2n) is 9.69. The molecule has 7 nitrogen and oxygen atoms in total. The Bertz CT molecular complexity index is 926. The van der Waals surface area contributed by atoms with Gasteiger partial charge in [-0.15, -0.1) is 0 Å². The lowest BCUT2D eigenvalue weighted by atomic mass is 9.93. The maximum absolute atomic E-state index is 12.5. The van der Waals surface area contributed by atoms with Gasteiger partial charge in [-0.3, -0.25) is 14.6 Å². The molecule has 2 fully saturated rings. The summed E-state index contributed by atoms with van der Waals surface area (Å²) in [6.45, 7) is 8.74. The molecule has 3 heterocycles. The molecule has 0 unspecified atom stereocenters. The average molecular weight is 437 g/mol. The molecule has 0 atom stereocenters. The van der Waals surface area contributed by atoms with Crippen molar-refractivity contribution in [3.8, 4) is 5.75 Å². The van der Waals surface area contributed by atoms with Gasteiger partial charge >= 0.3 is 0 Å². The second-order valence-corrected chi connectivity index (χ2v) is 9.69. The zero-order valence-electron chi connectivity index (χ0n) is 19.1. The first-order valence-corrected chi connectivity index (χ1v) is 11.3. The van der Waals surface area contributed by atoms with Crippen LogP contribution in [0.25, 0.3) is 0 Å². The van der Waals surface area contributed by atoms with E-state index in [9.17, 15) is 9.59 Å². The van der Waals surface area contributed by atoms with Crippen molar-refractivity contribution < 1.29 is 14.3 Å². The number of benzene rings is 1. The van der Waals surface area contributed by atoms with Crippen LogP contribution in [0.5, 0.6) is 5.75 Å². The molecule has 0 bridgehead atoms. The van der Waals surface area contributed by atoms with Crippen molar-refractivity contribution in [1.29, 1.82) is 0 Å². The van der Waals surface area contributed by atoms with E-state index in [1.807, 2.05) is 68.3 Å². The maximum atomic E-state index is 12.5. The molecule has 0 spiro atoms. The van der Waals surface area contributed by atoms with Gasteiger partial charge in [-0.05, 0) is 36.4 Å². The van der Waals surface area contributed by atoms with Crippen molar-refractivity contribution in [2.24, 2.45) is 11.3 Å². The zero-order valence-corrected chi connectivity index (χ0v) is 19.1. The van der Waals surface area contributed by atoms with Gasteiger partial charge in [0.05, 0.1) is 17.8 Å². The number of aromatic nitrogens is 1. The molecule has 1 N–H and O–H groups in total. The first kappa shape index (κ1) is 22.1. The number of carbonyl (C=O) groups is 2. The number of anilines is 2. The number of likely N-dealkylation sites (tertiary alicyclic amines) is 1. The van der Waals surface area contributed by atoms with Crippen molar-refractivity contribution in [1.82, 2.24) is 9.88 Å². The van der Waals surface area contributed by atoms with Gasteiger partial charge in [0.2, 0.25) is 11.8 Å². The molecule has 2 aliphatic heterocycles. The molecule has 170 valence electrons. The standard InChI is InChI=1S/C25H32N4O3/c1-25(2,3)24(31)28-13-10-22(11-14-28)32-21-8-6-19(7-9-21)27-23(30)18-16-29(17-18)20-5-4-12-26-15-20/h4-9,12,15,18,22H,10-11,13-14,16-17H2,1-3H3,(H,27,30). The van der Waals surface area contributed by atoms with Crippen LogP contribution in [0.3, 0.4) is 0 Å². The smallest absolute Gasteiger partial charge is 0.231 e. The summed E-state index contributed by atoms with van der Waals surface area (Å²) < 4.78 is 6.11. The molecular weight excluding hydrogens is 404 g/mol. The number of hydrogen-bond donors (Lipinski definition) is 1. The van der Waals surface area contributed by atoms with Gasteiger partial charge in [0.25, 0.3) is 0 Å². The molecule has 2 saturated heterocycles. The molecule has 0 aliphatic carbocycles. The van der Waals surface area contributed by atoms with Gasteiger partial charge in [0.15, 0.2) is 0 Å². The van der Waals surface area contributed by atoms with E-state index in [4.69, 9.17) is 4.74 Å². The van der Waals surface area contributed by atoms with E-state index in [2.05, 4.69) is 15.2 Å². The summed E-state index contributed by atoms with van der Waals surface area (Å²) in [4.78, 5) is 33.1. The maximum Gasteiger partial charge on any atom is 0.231 e. The second kappa shape index (κ2) is 9.18. The fourth-order valence-electron chi connectivity index (χ4n) is 4.10. The van der Waals surface area contributed by atoms with Gasteiger partial charge < -0.3 is 19.9 Å². The predicted octanol–water partition coefficient (Wildman–Crippen LogP) is 3.57. The van der Waals surface area contributed by atoms with Gasteiger partial charge in [0, 0.05) is 56.3 Å². The Labute approximate surface area is 189 Å². The van der Waals surface area contributed by atoms with Crippen LogP contribution in [-0.2, 0) is 9.59 Å². The lowest BCUT2D eigenvalue weighted by Crippen LogP contribution is -2.52. The van der Waals surface area contributed by atoms with Gasteiger partial charge in [-0.2, -0.15) is 0 Å². The number of pyridine rings is 1. The van der Waals surface area contributed by atoms with Crippen molar-refractivity contribution in [3.63, 3.8) is 0 Å². The third-order valence-electron chi connectivity index (χ3n) is 6.06. The summed E-state index contributed by atoms with van der Waals surface area (Å²) >= 11 is 0. The lowest BCUT2D eigenvalue weighted by Gasteiger charge is -2.39. The van der Waals surface area contributed by atoms with Crippen LogP contribution < -0.4 is 15.0 Å². The Morgan fingerprint density at radius 3 is 2.34 bits per heavy atom. The molecule has 32 heavy (non-hydrogen) atoms. The highest BCUT2D eigenvalue weighted by Gasteiger charge is 2.33. The van der Waals surface area contributed by atoms with E-state index in [1.165, 1.54) is 0 Å². The SMILES string of the molecule is CC(C)(C)C(=O)N1CCC(Oc2ccc(NC(=O)C3CN(c4cccnc4)C3)cc2)CC1. The average Bonchev–Trinajstić information content (AvgIpc) is 2.74. The van der Waals surface area contributed by atoms with Gasteiger partial charge in [0.1, 0.15) is 11.9 Å². The fraction of sp³-hybridized carbons (Fsp3) is 0.480. The third kappa shape index (κ3) is 5.21. The van der Waals surface area contributed by atoms with Crippen molar-refractivity contribution >= 4 is 23.2 Å². The number of rotatable bonds is 5. The summed E-state index contributed by atoms with van der Waals surface area (Å²) in [6, 6.07) is 11.5. The Hall–Kier alpha value is -3.09. The largest absolute Gasteiger partial charge is 0.490 e. The summed E-state index contributed by atoms with van der Waals surface area (Å²) in [6.07, 6.45) is 5.33. The number of ether oxygens (including phenoxy) is 1. The number of amides is 2. The number of hydrogen-bond acceptors (Lipinski definition) is 5. The van der Waals surface area contributed by atoms with E-state index in [1.54, 1.807) is 6.20 Å². The minimum Gasteiger partial charge on any atom is -0.490 e. The van der Waals surface area contributed by atoms with Crippen LogP contribution in [0.4, 0.5) is 11.4 Å². The van der Waals surface area contributed by atoms with Crippen LogP contribution in [0.1, 0.15) is 33.6 Å². The molecule has 0 radical (unpaired) electrons. The predicted molar refractivity (Wildman–Crippen MR) is 125 cm³/mol. The van der Waals surface area contributed by atoms with Crippen LogP contribution in [0.15, 0.2) is 48.8 Å². The molecule has 0 saturated carbocycles. The fourth-order valence-corrected chi connectivity index (χ4v) is 4.10. The minimum absolute atomic E-state index is 0.0212. The number of nitrogens with zero attached hydrogens (tertiary/aromatic N) is 3. The van der Waals surface area contributed by atoms with Crippen LogP contribution in [0, 0.1) is 11.3 Å². The van der Waals surface area contributed by atoms with E-state index < -0.39 is 0 Å². The highest BCUT2D eigenvalue weighted by molar-refractivity contribution is 5.94. The monoisotopic (exact) mass is 436 g/mol. The summed E-state index contributed by atoms with van der Waals surface area (Å²) in [7, 11) is 0. The van der Waals surface area contributed by atoms with E-state index >= 15 is 0 Å². The lowest BCUT2D eigenvalue weighted by molar-refractivity contribution is -0.141. The highest BCUT2D eigenvalue weighted by Crippen LogP contribution is 2.26.